The van der Waals surface area contributed by atoms with Gasteiger partial charge in [-0.05, 0) is 6.07 Å². The van der Waals surface area contributed by atoms with Crippen molar-refractivity contribution in [1.29, 1.82) is 0 Å². The molecule has 0 spiro atoms. The molecule has 88 valence electrons. The van der Waals surface area contributed by atoms with Gasteiger partial charge >= 0.3 is 5.97 Å². The van der Waals surface area contributed by atoms with Crippen LogP contribution in [0.1, 0.15) is 43.0 Å². The highest BCUT2D eigenvalue weighted by Gasteiger charge is 2.29. The molecule has 1 fully saturated rings. The first-order chi connectivity index (χ1) is 7.39. The Morgan fingerprint density at radius 2 is 2.19 bits per heavy atom. The third-order valence-electron chi connectivity index (χ3n) is 2.69. The van der Waals surface area contributed by atoms with Gasteiger partial charge in [0.15, 0.2) is 5.69 Å². The van der Waals surface area contributed by atoms with E-state index in [1.165, 1.54) is 0 Å². The number of rotatable bonds is 2. The summed E-state index contributed by atoms with van der Waals surface area (Å²) in [5.74, 6) is 1.12. The summed E-state index contributed by atoms with van der Waals surface area (Å²) in [4.78, 5) is 10.9. The molecule has 2 rings (SSSR count). The molecule has 0 bridgehead atoms. The van der Waals surface area contributed by atoms with Crippen molar-refractivity contribution in [1.82, 2.24) is 9.78 Å². The average Bonchev–Trinajstić information content (AvgIpc) is 2.44. The third kappa shape index (κ3) is 1.96. The minimum Gasteiger partial charge on any atom is -0.476 e. The summed E-state index contributed by atoms with van der Waals surface area (Å²) in [6, 6.07) is 2.07. The van der Waals surface area contributed by atoms with E-state index in [0.717, 1.165) is 17.2 Å². The minimum atomic E-state index is -0.948. The molecule has 0 radical (unpaired) electrons. The van der Waals surface area contributed by atoms with Gasteiger partial charge in [-0.1, -0.05) is 20.8 Å². The van der Waals surface area contributed by atoms with Gasteiger partial charge in [-0.25, -0.2) is 4.79 Å². The molecule has 0 amide bonds. The van der Waals surface area contributed by atoms with E-state index in [1.807, 2.05) is 16.4 Å². The molecule has 1 N–H and O–H groups in total. The molecule has 4 nitrogen and oxygen atoms in total. The van der Waals surface area contributed by atoms with Crippen LogP contribution in [0.3, 0.4) is 0 Å². The lowest BCUT2D eigenvalue weighted by molar-refractivity contribution is 0.0689. The maximum Gasteiger partial charge on any atom is 0.356 e. The Morgan fingerprint density at radius 1 is 1.56 bits per heavy atom. The summed E-state index contributed by atoms with van der Waals surface area (Å²) in [6.07, 6.45) is 0. The predicted octanol–water partition coefficient (Wildman–Crippen LogP) is 2.17. The van der Waals surface area contributed by atoms with Crippen molar-refractivity contribution in [2.24, 2.45) is 0 Å². The van der Waals surface area contributed by atoms with Crippen molar-refractivity contribution < 1.29 is 9.90 Å². The van der Waals surface area contributed by atoms with Crippen molar-refractivity contribution in [2.45, 2.75) is 32.2 Å². The van der Waals surface area contributed by atoms with Gasteiger partial charge in [0.05, 0.1) is 6.04 Å². The van der Waals surface area contributed by atoms with Gasteiger partial charge in [0, 0.05) is 22.6 Å². The highest BCUT2D eigenvalue weighted by molar-refractivity contribution is 8.00. The van der Waals surface area contributed by atoms with Crippen molar-refractivity contribution in [3.63, 3.8) is 0 Å². The lowest BCUT2D eigenvalue weighted by atomic mass is 9.91. The summed E-state index contributed by atoms with van der Waals surface area (Å²) >= 11 is 1.87. The van der Waals surface area contributed by atoms with Crippen LogP contribution in [0.25, 0.3) is 0 Å². The molecule has 1 aromatic rings. The molecule has 1 aliphatic rings. The van der Waals surface area contributed by atoms with E-state index in [9.17, 15) is 4.79 Å². The number of hydrogen-bond acceptors (Lipinski definition) is 3. The average molecular weight is 240 g/mol. The Morgan fingerprint density at radius 3 is 2.56 bits per heavy atom. The Labute approximate surface area is 99.0 Å². The third-order valence-corrected chi connectivity index (χ3v) is 3.93. The topological polar surface area (TPSA) is 55.1 Å². The van der Waals surface area contributed by atoms with Gasteiger partial charge in [0.2, 0.25) is 0 Å². The second kappa shape index (κ2) is 3.80. The van der Waals surface area contributed by atoms with E-state index in [4.69, 9.17) is 5.11 Å². The molecule has 0 aliphatic carbocycles. The number of thioether (sulfide) groups is 1. The van der Waals surface area contributed by atoms with Crippen LogP contribution >= 0.6 is 11.8 Å². The summed E-state index contributed by atoms with van der Waals surface area (Å²) in [6.45, 7) is 6.24. The molecule has 0 atom stereocenters. The number of carbonyl (C=O) groups is 1. The van der Waals surface area contributed by atoms with Crippen LogP contribution < -0.4 is 0 Å². The second-order valence-electron chi connectivity index (χ2n) is 5.11. The van der Waals surface area contributed by atoms with E-state index < -0.39 is 5.97 Å². The van der Waals surface area contributed by atoms with Crippen molar-refractivity contribution in [3.05, 3.63) is 17.5 Å². The van der Waals surface area contributed by atoms with Crippen LogP contribution in [0, 0.1) is 0 Å². The zero-order valence-electron chi connectivity index (χ0n) is 9.73. The minimum absolute atomic E-state index is 0.0685. The van der Waals surface area contributed by atoms with E-state index in [2.05, 4.69) is 25.9 Å². The maximum atomic E-state index is 10.9. The van der Waals surface area contributed by atoms with Crippen LogP contribution in [0.4, 0.5) is 0 Å². The Hall–Kier alpha value is -0.970. The van der Waals surface area contributed by atoms with Crippen molar-refractivity contribution in [2.75, 3.05) is 11.5 Å². The normalized spacial score (nSPS) is 17.2. The largest absolute Gasteiger partial charge is 0.476 e. The first-order valence-corrected chi connectivity index (χ1v) is 6.46. The molecule has 1 saturated heterocycles. The molecule has 5 heteroatoms. The van der Waals surface area contributed by atoms with Gasteiger partial charge < -0.3 is 5.11 Å². The highest BCUT2D eigenvalue weighted by atomic mass is 32.2. The maximum absolute atomic E-state index is 10.9. The Kier molecular flexibility index (Phi) is 2.74. The first-order valence-electron chi connectivity index (χ1n) is 5.30. The fourth-order valence-electron chi connectivity index (χ4n) is 1.70. The summed E-state index contributed by atoms with van der Waals surface area (Å²) < 4.78 is 1.90. The second-order valence-corrected chi connectivity index (χ2v) is 6.18. The van der Waals surface area contributed by atoms with Crippen LogP contribution in [-0.2, 0) is 5.41 Å². The predicted molar refractivity (Wildman–Crippen MR) is 64.2 cm³/mol. The standard InChI is InChI=1S/C11H16N2O2S/c1-11(2,3)9-4-8(10(14)15)12-13(9)7-5-16-6-7/h4,7H,5-6H2,1-3H3,(H,14,15). The number of aromatic carboxylic acids is 1. The van der Waals surface area contributed by atoms with Gasteiger partial charge in [-0.3, -0.25) is 4.68 Å². The van der Waals surface area contributed by atoms with Crippen molar-refractivity contribution >= 4 is 17.7 Å². The van der Waals surface area contributed by atoms with Gasteiger partial charge in [-0.2, -0.15) is 16.9 Å². The van der Waals surface area contributed by atoms with E-state index in [-0.39, 0.29) is 11.1 Å². The SMILES string of the molecule is CC(C)(C)c1cc(C(=O)O)nn1C1CSC1. The van der Waals surface area contributed by atoms with Crippen LogP contribution in [-0.4, -0.2) is 32.4 Å². The fraction of sp³-hybridized carbons (Fsp3) is 0.636. The van der Waals surface area contributed by atoms with E-state index in [1.54, 1.807) is 6.07 Å². The zero-order chi connectivity index (χ0) is 11.9. The number of carboxylic acids is 1. The number of carboxylic acid groups (broad SMARTS) is 1. The van der Waals surface area contributed by atoms with Gasteiger partial charge in [0.1, 0.15) is 0 Å². The Balaban J connectivity index is 2.43. The molecular formula is C11H16N2O2S. The van der Waals surface area contributed by atoms with E-state index in [0.29, 0.717) is 6.04 Å². The fourth-order valence-corrected chi connectivity index (χ4v) is 2.43. The summed E-state index contributed by atoms with van der Waals surface area (Å²) in [5, 5.41) is 13.2. The smallest absolute Gasteiger partial charge is 0.356 e. The molecule has 2 heterocycles. The van der Waals surface area contributed by atoms with Gasteiger partial charge in [0.25, 0.3) is 0 Å². The molecule has 0 unspecified atom stereocenters. The number of nitrogens with zero attached hydrogens (tertiary/aromatic N) is 2. The monoisotopic (exact) mass is 240 g/mol. The molecule has 16 heavy (non-hydrogen) atoms. The molecule has 0 saturated carbocycles. The van der Waals surface area contributed by atoms with Crippen molar-refractivity contribution in [3.8, 4) is 0 Å². The molecule has 0 aromatic carbocycles. The lowest BCUT2D eigenvalue weighted by Crippen LogP contribution is -2.29. The van der Waals surface area contributed by atoms with Crippen LogP contribution in [0.15, 0.2) is 6.07 Å². The quantitative estimate of drug-likeness (QED) is 0.860. The molecule has 1 aliphatic heterocycles. The lowest BCUT2D eigenvalue weighted by Gasteiger charge is -2.30. The number of aromatic nitrogens is 2. The number of hydrogen-bond donors (Lipinski definition) is 1. The van der Waals surface area contributed by atoms with Gasteiger partial charge in [-0.15, -0.1) is 0 Å². The highest BCUT2D eigenvalue weighted by Crippen LogP contribution is 2.33. The van der Waals surface area contributed by atoms with E-state index >= 15 is 0 Å². The molecular weight excluding hydrogens is 224 g/mol. The Bertz CT molecular complexity index is 416. The van der Waals surface area contributed by atoms with Crippen LogP contribution in [0.5, 0.6) is 0 Å². The summed E-state index contributed by atoms with van der Waals surface area (Å²) in [7, 11) is 0. The first kappa shape index (κ1) is 11.5. The summed E-state index contributed by atoms with van der Waals surface area (Å²) in [5.41, 5.74) is 1.10. The zero-order valence-corrected chi connectivity index (χ0v) is 10.5. The molecule has 1 aromatic heterocycles. The van der Waals surface area contributed by atoms with Crippen LogP contribution in [0.2, 0.25) is 0 Å².